The van der Waals surface area contributed by atoms with E-state index in [1.807, 2.05) is 0 Å². The van der Waals surface area contributed by atoms with Crippen molar-refractivity contribution in [3.63, 3.8) is 0 Å². The van der Waals surface area contributed by atoms with E-state index in [1.165, 1.54) is 38.5 Å². The summed E-state index contributed by atoms with van der Waals surface area (Å²) in [5.41, 5.74) is 14.0. The maximum atomic E-state index is 6.99. The molecule has 0 aromatic heterocycles. The summed E-state index contributed by atoms with van der Waals surface area (Å²) in [5.74, 6) is 2.65. The van der Waals surface area contributed by atoms with E-state index < -0.39 is 0 Å². The second-order valence-electron chi connectivity index (χ2n) is 10.5. The molecule has 4 aliphatic carbocycles. The monoisotopic (exact) mass is 339 g/mol. The van der Waals surface area contributed by atoms with Gasteiger partial charge in [0.1, 0.15) is 0 Å². The molecule has 0 bridgehead atoms. The molecule has 0 spiro atoms. The molecule has 0 radical (unpaired) electrons. The van der Waals surface area contributed by atoms with Crippen molar-refractivity contribution in [1.82, 2.24) is 0 Å². The van der Waals surface area contributed by atoms with Gasteiger partial charge in [0.25, 0.3) is 0 Å². The molecule has 4 aliphatic rings. The number of fused-ring (bicyclic) bond motifs is 2. The molecule has 0 saturated carbocycles. The molecule has 4 unspecified atom stereocenters. The van der Waals surface area contributed by atoms with E-state index in [1.54, 1.807) is 22.3 Å². The third-order valence-corrected chi connectivity index (χ3v) is 7.90. The number of hydrogen-bond donors (Lipinski definition) is 1. The van der Waals surface area contributed by atoms with Crippen molar-refractivity contribution in [2.45, 2.75) is 85.1 Å². The quantitative estimate of drug-likeness (QED) is 0.568. The lowest BCUT2D eigenvalue weighted by Crippen LogP contribution is -2.50. The second kappa shape index (κ2) is 5.84. The van der Waals surface area contributed by atoms with Gasteiger partial charge in [-0.15, -0.1) is 0 Å². The number of hydrogen-bond acceptors (Lipinski definition) is 1. The fourth-order valence-corrected chi connectivity index (χ4v) is 6.36. The zero-order valence-corrected chi connectivity index (χ0v) is 17.0. The van der Waals surface area contributed by atoms with Crippen LogP contribution in [0.25, 0.3) is 0 Å². The molecule has 138 valence electrons. The van der Waals surface area contributed by atoms with E-state index in [0.717, 1.165) is 18.3 Å². The van der Waals surface area contributed by atoms with Gasteiger partial charge in [-0.3, -0.25) is 0 Å². The first kappa shape index (κ1) is 17.6. The van der Waals surface area contributed by atoms with Crippen LogP contribution in [-0.4, -0.2) is 5.54 Å². The Kier molecular flexibility index (Phi) is 4.11. The first-order chi connectivity index (χ1) is 11.7. The van der Waals surface area contributed by atoms with E-state index in [9.17, 15) is 0 Å². The molecule has 4 rings (SSSR count). The van der Waals surface area contributed by atoms with Gasteiger partial charge >= 0.3 is 0 Å². The average molecular weight is 340 g/mol. The maximum absolute atomic E-state index is 6.99. The van der Waals surface area contributed by atoms with Gasteiger partial charge in [0.2, 0.25) is 0 Å². The standard InChI is InChI=1S/C24H37N/c1-15-7-6-8-17(11-15)20-13-19-18-10-9-16(2)12-21(18)23(3,4)22(19)14-24(20,5)25/h11,13,15-16,20,22H,6-10,12,14,25H2,1-5H3/t15-,16?,20?,22?,24?/m0/s1. The van der Waals surface area contributed by atoms with Crippen molar-refractivity contribution in [2.75, 3.05) is 0 Å². The Morgan fingerprint density at radius 1 is 1.04 bits per heavy atom. The second-order valence-corrected chi connectivity index (χ2v) is 10.5. The van der Waals surface area contributed by atoms with Crippen molar-refractivity contribution in [1.29, 1.82) is 0 Å². The van der Waals surface area contributed by atoms with Crippen LogP contribution in [0.5, 0.6) is 0 Å². The van der Waals surface area contributed by atoms with Crippen LogP contribution in [0.1, 0.15) is 79.6 Å². The Labute approximate surface area is 154 Å². The first-order valence-electron chi connectivity index (χ1n) is 10.6. The number of rotatable bonds is 1. The van der Waals surface area contributed by atoms with E-state index in [2.05, 4.69) is 46.8 Å². The van der Waals surface area contributed by atoms with Crippen molar-refractivity contribution in [3.8, 4) is 0 Å². The summed E-state index contributed by atoms with van der Waals surface area (Å²) in [6, 6.07) is 0. The summed E-state index contributed by atoms with van der Waals surface area (Å²) >= 11 is 0. The van der Waals surface area contributed by atoms with E-state index in [0.29, 0.717) is 17.3 Å². The molecule has 1 nitrogen and oxygen atoms in total. The van der Waals surface area contributed by atoms with Crippen LogP contribution < -0.4 is 5.73 Å². The van der Waals surface area contributed by atoms with Crippen molar-refractivity contribution in [3.05, 3.63) is 34.4 Å². The third-order valence-electron chi connectivity index (χ3n) is 7.90. The predicted molar refractivity (Wildman–Crippen MR) is 107 cm³/mol. The lowest BCUT2D eigenvalue weighted by atomic mass is 9.62. The molecule has 0 aliphatic heterocycles. The molecule has 25 heavy (non-hydrogen) atoms. The molecule has 5 atom stereocenters. The van der Waals surface area contributed by atoms with Gasteiger partial charge < -0.3 is 5.73 Å². The van der Waals surface area contributed by atoms with Gasteiger partial charge in [-0.25, -0.2) is 0 Å². The number of allylic oxidation sites excluding steroid dienone is 4. The van der Waals surface area contributed by atoms with Crippen molar-refractivity contribution < 1.29 is 0 Å². The maximum Gasteiger partial charge on any atom is 0.0233 e. The first-order valence-corrected chi connectivity index (χ1v) is 10.6. The van der Waals surface area contributed by atoms with Crippen LogP contribution in [-0.2, 0) is 0 Å². The van der Waals surface area contributed by atoms with Gasteiger partial charge in [0, 0.05) is 11.5 Å². The van der Waals surface area contributed by atoms with Crippen LogP contribution in [0.3, 0.4) is 0 Å². The van der Waals surface area contributed by atoms with Crippen LogP contribution in [0.2, 0.25) is 0 Å². The average Bonchev–Trinajstić information content (AvgIpc) is 2.73. The van der Waals surface area contributed by atoms with E-state index in [4.69, 9.17) is 5.73 Å². The minimum Gasteiger partial charge on any atom is -0.325 e. The molecule has 0 saturated heterocycles. The highest BCUT2D eigenvalue weighted by atomic mass is 14.8. The summed E-state index contributed by atoms with van der Waals surface area (Å²) in [4.78, 5) is 0. The zero-order chi connectivity index (χ0) is 18.0. The molecule has 1 heteroatoms. The highest BCUT2D eigenvalue weighted by molar-refractivity contribution is 5.52. The Balaban J connectivity index is 1.77. The SMILES string of the molecule is CC1CCC2=C(C1)C(C)(C)C1CC(C)(N)C(C3=C[C@@H](C)CCC3)C=C21. The smallest absolute Gasteiger partial charge is 0.0233 e. The minimum atomic E-state index is -0.103. The summed E-state index contributed by atoms with van der Waals surface area (Å²) < 4.78 is 0. The zero-order valence-electron chi connectivity index (χ0n) is 17.0. The molecular weight excluding hydrogens is 302 g/mol. The predicted octanol–water partition coefficient (Wildman–Crippen LogP) is 6.17. The normalized spacial score (nSPS) is 43.3. The lowest BCUT2D eigenvalue weighted by Gasteiger charge is -2.45. The third kappa shape index (κ3) is 2.78. The van der Waals surface area contributed by atoms with Crippen LogP contribution in [0.15, 0.2) is 34.4 Å². The van der Waals surface area contributed by atoms with Crippen LogP contribution >= 0.6 is 0 Å². The summed E-state index contributed by atoms with van der Waals surface area (Å²) in [7, 11) is 0. The molecule has 0 aromatic rings. The van der Waals surface area contributed by atoms with E-state index >= 15 is 0 Å². The van der Waals surface area contributed by atoms with Crippen molar-refractivity contribution >= 4 is 0 Å². The van der Waals surface area contributed by atoms with Gasteiger partial charge in [0.05, 0.1) is 0 Å². The highest BCUT2D eigenvalue weighted by Crippen LogP contribution is 2.60. The van der Waals surface area contributed by atoms with Gasteiger partial charge in [0.15, 0.2) is 0 Å². The Morgan fingerprint density at radius 2 is 1.80 bits per heavy atom. The summed E-state index contributed by atoms with van der Waals surface area (Å²) in [5, 5.41) is 0. The topological polar surface area (TPSA) is 26.0 Å². The minimum absolute atomic E-state index is 0.103. The van der Waals surface area contributed by atoms with Crippen LogP contribution in [0.4, 0.5) is 0 Å². The lowest BCUT2D eigenvalue weighted by molar-refractivity contribution is 0.205. The summed E-state index contributed by atoms with van der Waals surface area (Å²) in [6.45, 7) is 12.1. The van der Waals surface area contributed by atoms with E-state index in [-0.39, 0.29) is 5.54 Å². The summed E-state index contributed by atoms with van der Waals surface area (Å²) in [6.07, 6.45) is 14.2. The van der Waals surface area contributed by atoms with Gasteiger partial charge in [-0.05, 0) is 86.2 Å². The highest BCUT2D eigenvalue weighted by Gasteiger charge is 2.51. The van der Waals surface area contributed by atoms with Gasteiger partial charge in [-0.1, -0.05) is 51.0 Å². The number of nitrogens with two attached hydrogens (primary N) is 1. The van der Waals surface area contributed by atoms with Crippen molar-refractivity contribution in [2.24, 2.45) is 34.8 Å². The Morgan fingerprint density at radius 3 is 2.52 bits per heavy atom. The molecule has 0 amide bonds. The van der Waals surface area contributed by atoms with Gasteiger partial charge in [-0.2, -0.15) is 0 Å². The van der Waals surface area contributed by atoms with Crippen LogP contribution in [0, 0.1) is 29.1 Å². The molecule has 0 aromatic carbocycles. The Bertz CT molecular complexity index is 658. The fourth-order valence-electron chi connectivity index (χ4n) is 6.36. The molecule has 0 fully saturated rings. The molecule has 2 N–H and O–H groups in total. The largest absolute Gasteiger partial charge is 0.325 e. The fraction of sp³-hybridized carbons (Fsp3) is 0.750. The molecular formula is C24H37N. The Hall–Kier alpha value is -0.820. The molecule has 0 heterocycles.